The van der Waals surface area contributed by atoms with Gasteiger partial charge in [0.2, 0.25) is 0 Å². The molecule has 0 aromatic carbocycles. The zero-order valence-corrected chi connectivity index (χ0v) is 7.80. The molecule has 0 aliphatic heterocycles. The SMILES string of the molecule is CC(N)C1CC(C)C2(C)C[C@H]12. The quantitative estimate of drug-likeness (QED) is 0.612. The van der Waals surface area contributed by atoms with Gasteiger partial charge in [0, 0.05) is 6.04 Å². The summed E-state index contributed by atoms with van der Waals surface area (Å²) >= 11 is 0. The second-order valence-corrected chi connectivity index (χ2v) is 4.98. The molecule has 0 amide bonds. The average Bonchev–Trinajstić information content (AvgIpc) is 2.51. The molecule has 5 atom stereocenters. The first-order valence-electron chi connectivity index (χ1n) is 4.81. The number of hydrogen-bond acceptors (Lipinski definition) is 1. The molecule has 2 aliphatic carbocycles. The van der Waals surface area contributed by atoms with Gasteiger partial charge < -0.3 is 5.73 Å². The van der Waals surface area contributed by atoms with Crippen molar-refractivity contribution in [2.24, 2.45) is 28.9 Å². The summed E-state index contributed by atoms with van der Waals surface area (Å²) in [5, 5.41) is 0. The molecule has 0 aromatic heterocycles. The maximum atomic E-state index is 5.94. The molecule has 11 heavy (non-hydrogen) atoms. The predicted octanol–water partition coefficient (Wildman–Crippen LogP) is 2.02. The third-order valence-electron chi connectivity index (χ3n) is 4.29. The molecule has 1 nitrogen and oxygen atoms in total. The van der Waals surface area contributed by atoms with Crippen LogP contribution >= 0.6 is 0 Å². The molecular weight excluding hydrogens is 134 g/mol. The summed E-state index contributed by atoms with van der Waals surface area (Å²) in [5.41, 5.74) is 6.63. The number of rotatable bonds is 1. The Morgan fingerprint density at radius 3 is 2.36 bits per heavy atom. The lowest BCUT2D eigenvalue weighted by Crippen LogP contribution is -2.26. The monoisotopic (exact) mass is 153 g/mol. The number of nitrogens with two attached hydrogens (primary N) is 1. The van der Waals surface area contributed by atoms with E-state index in [1.165, 1.54) is 12.8 Å². The molecule has 2 rings (SSSR count). The highest BCUT2D eigenvalue weighted by atomic mass is 14.7. The van der Waals surface area contributed by atoms with Gasteiger partial charge in [0.25, 0.3) is 0 Å². The minimum absolute atomic E-state index is 0.423. The third-order valence-corrected chi connectivity index (χ3v) is 4.29. The lowest BCUT2D eigenvalue weighted by atomic mass is 9.91. The number of fused-ring (bicyclic) bond motifs is 1. The summed E-state index contributed by atoms with van der Waals surface area (Å²) < 4.78 is 0. The normalized spacial score (nSPS) is 57.3. The van der Waals surface area contributed by atoms with Crippen LogP contribution in [0.25, 0.3) is 0 Å². The summed E-state index contributed by atoms with van der Waals surface area (Å²) in [6.45, 7) is 6.99. The summed E-state index contributed by atoms with van der Waals surface area (Å²) in [7, 11) is 0. The van der Waals surface area contributed by atoms with Crippen LogP contribution in [0.15, 0.2) is 0 Å². The van der Waals surface area contributed by atoms with Crippen molar-refractivity contribution < 1.29 is 0 Å². The Kier molecular flexibility index (Phi) is 1.39. The van der Waals surface area contributed by atoms with E-state index >= 15 is 0 Å². The molecule has 0 radical (unpaired) electrons. The Morgan fingerprint density at radius 1 is 1.55 bits per heavy atom. The van der Waals surface area contributed by atoms with Gasteiger partial charge in [-0.15, -0.1) is 0 Å². The zero-order valence-electron chi connectivity index (χ0n) is 7.80. The van der Waals surface area contributed by atoms with Crippen LogP contribution in [-0.4, -0.2) is 6.04 Å². The van der Waals surface area contributed by atoms with E-state index in [2.05, 4.69) is 20.8 Å². The predicted molar refractivity (Wildman–Crippen MR) is 47.1 cm³/mol. The topological polar surface area (TPSA) is 26.0 Å². The van der Waals surface area contributed by atoms with Crippen molar-refractivity contribution in [2.45, 2.75) is 39.7 Å². The zero-order chi connectivity index (χ0) is 8.22. The molecule has 2 aliphatic rings. The molecule has 2 N–H and O–H groups in total. The summed E-state index contributed by atoms with van der Waals surface area (Å²) in [6.07, 6.45) is 2.82. The van der Waals surface area contributed by atoms with Crippen LogP contribution < -0.4 is 5.73 Å². The van der Waals surface area contributed by atoms with Gasteiger partial charge in [0.15, 0.2) is 0 Å². The van der Waals surface area contributed by atoms with E-state index in [4.69, 9.17) is 5.73 Å². The third kappa shape index (κ3) is 0.868. The largest absolute Gasteiger partial charge is 0.328 e. The number of hydrogen-bond donors (Lipinski definition) is 1. The highest BCUT2D eigenvalue weighted by molar-refractivity contribution is 5.12. The van der Waals surface area contributed by atoms with E-state index in [1.807, 2.05) is 0 Å². The van der Waals surface area contributed by atoms with Gasteiger partial charge in [-0.05, 0) is 42.9 Å². The van der Waals surface area contributed by atoms with Gasteiger partial charge in [0.05, 0.1) is 0 Å². The Morgan fingerprint density at radius 2 is 2.18 bits per heavy atom. The second-order valence-electron chi connectivity index (χ2n) is 4.98. The van der Waals surface area contributed by atoms with Crippen LogP contribution in [0, 0.1) is 23.2 Å². The standard InChI is InChI=1S/C10H19N/c1-6-4-8(7(2)11)9-5-10(6,9)3/h6-9H,4-5,11H2,1-3H3/t6?,7?,8?,9-,10?/m1/s1. The van der Waals surface area contributed by atoms with E-state index in [-0.39, 0.29) is 0 Å². The Bertz CT molecular complexity index is 176. The van der Waals surface area contributed by atoms with Gasteiger partial charge in [-0.2, -0.15) is 0 Å². The molecule has 4 unspecified atom stereocenters. The molecule has 2 fully saturated rings. The lowest BCUT2D eigenvalue weighted by Gasteiger charge is -2.17. The molecule has 0 aromatic rings. The molecule has 0 spiro atoms. The first-order chi connectivity index (χ1) is 5.05. The van der Waals surface area contributed by atoms with Crippen molar-refractivity contribution in [1.29, 1.82) is 0 Å². The smallest absolute Gasteiger partial charge is 0.00417 e. The van der Waals surface area contributed by atoms with Crippen LogP contribution in [0.3, 0.4) is 0 Å². The van der Waals surface area contributed by atoms with Crippen molar-refractivity contribution in [1.82, 2.24) is 0 Å². The molecule has 0 bridgehead atoms. The van der Waals surface area contributed by atoms with E-state index < -0.39 is 0 Å². The second kappa shape index (κ2) is 2.01. The van der Waals surface area contributed by atoms with Crippen molar-refractivity contribution in [3.05, 3.63) is 0 Å². The minimum atomic E-state index is 0.423. The average molecular weight is 153 g/mol. The van der Waals surface area contributed by atoms with Crippen LogP contribution in [0.4, 0.5) is 0 Å². The van der Waals surface area contributed by atoms with E-state index in [0.717, 1.165) is 17.8 Å². The maximum absolute atomic E-state index is 5.94. The van der Waals surface area contributed by atoms with Crippen molar-refractivity contribution >= 4 is 0 Å². The fourth-order valence-electron chi connectivity index (χ4n) is 3.04. The molecule has 1 heteroatoms. The maximum Gasteiger partial charge on any atom is 0.00417 e. The van der Waals surface area contributed by atoms with E-state index in [9.17, 15) is 0 Å². The van der Waals surface area contributed by atoms with Crippen molar-refractivity contribution in [2.75, 3.05) is 0 Å². The summed E-state index contributed by atoms with van der Waals surface area (Å²) in [4.78, 5) is 0. The lowest BCUT2D eigenvalue weighted by molar-refractivity contribution is 0.361. The van der Waals surface area contributed by atoms with Gasteiger partial charge >= 0.3 is 0 Å². The van der Waals surface area contributed by atoms with Crippen molar-refractivity contribution in [3.8, 4) is 0 Å². The van der Waals surface area contributed by atoms with Crippen molar-refractivity contribution in [3.63, 3.8) is 0 Å². The van der Waals surface area contributed by atoms with Crippen LogP contribution in [0.5, 0.6) is 0 Å². The summed E-state index contributed by atoms with van der Waals surface area (Å²) in [6, 6.07) is 0.423. The molecule has 2 saturated carbocycles. The van der Waals surface area contributed by atoms with Gasteiger partial charge in [-0.3, -0.25) is 0 Å². The van der Waals surface area contributed by atoms with Gasteiger partial charge in [0.1, 0.15) is 0 Å². The first kappa shape index (κ1) is 7.60. The Hall–Kier alpha value is -0.0400. The fourth-order valence-corrected chi connectivity index (χ4v) is 3.04. The molecule has 0 heterocycles. The molecular formula is C10H19N. The van der Waals surface area contributed by atoms with Crippen LogP contribution in [-0.2, 0) is 0 Å². The highest BCUT2D eigenvalue weighted by Crippen LogP contribution is 2.68. The van der Waals surface area contributed by atoms with Crippen LogP contribution in [0.2, 0.25) is 0 Å². The van der Waals surface area contributed by atoms with E-state index in [0.29, 0.717) is 11.5 Å². The Balaban J connectivity index is 2.10. The molecule has 64 valence electrons. The summed E-state index contributed by atoms with van der Waals surface area (Å²) in [5.74, 6) is 2.72. The van der Waals surface area contributed by atoms with Gasteiger partial charge in [-0.1, -0.05) is 13.8 Å². The molecule has 0 saturated heterocycles. The fraction of sp³-hybridized carbons (Fsp3) is 1.00. The first-order valence-corrected chi connectivity index (χ1v) is 4.81. The van der Waals surface area contributed by atoms with E-state index in [1.54, 1.807) is 0 Å². The van der Waals surface area contributed by atoms with Gasteiger partial charge in [-0.25, -0.2) is 0 Å². The van der Waals surface area contributed by atoms with Crippen LogP contribution in [0.1, 0.15) is 33.6 Å². The minimum Gasteiger partial charge on any atom is -0.328 e. The Labute approximate surface area is 69.4 Å². The highest BCUT2D eigenvalue weighted by Gasteiger charge is 2.62.